The normalized spacial score (nSPS) is 11.1. The number of aromatic nitrogens is 3. The van der Waals surface area contributed by atoms with E-state index < -0.39 is 0 Å². The number of hydrogen-bond donors (Lipinski definition) is 1. The lowest BCUT2D eigenvalue weighted by atomic mass is 10.0. The monoisotopic (exact) mass is 468 g/mol. The zero-order valence-electron chi connectivity index (χ0n) is 19.0. The number of hydrogen-bond acceptors (Lipinski definition) is 5. The zero-order chi connectivity index (χ0) is 23.5. The lowest BCUT2D eigenvalue weighted by Gasteiger charge is -2.11. The smallest absolute Gasteiger partial charge is 0.234 e. The van der Waals surface area contributed by atoms with Crippen LogP contribution in [-0.2, 0) is 18.4 Å². The number of amides is 1. The summed E-state index contributed by atoms with van der Waals surface area (Å²) in [5.41, 5.74) is 1.90. The first-order chi connectivity index (χ1) is 16.6. The van der Waals surface area contributed by atoms with Crippen molar-refractivity contribution < 1.29 is 9.53 Å². The Morgan fingerprint density at radius 2 is 1.62 bits per heavy atom. The highest BCUT2D eigenvalue weighted by Gasteiger charge is 2.14. The van der Waals surface area contributed by atoms with Gasteiger partial charge in [-0.15, -0.1) is 10.2 Å². The van der Waals surface area contributed by atoms with E-state index in [0.29, 0.717) is 17.6 Å². The Morgan fingerprint density at radius 1 is 0.912 bits per heavy atom. The first-order valence-corrected chi connectivity index (χ1v) is 12.0. The largest absolute Gasteiger partial charge is 0.485 e. The fourth-order valence-electron chi connectivity index (χ4n) is 3.95. The van der Waals surface area contributed by atoms with E-state index in [4.69, 9.17) is 4.74 Å². The summed E-state index contributed by atoms with van der Waals surface area (Å²) in [4.78, 5) is 12.6. The second-order valence-corrected chi connectivity index (χ2v) is 8.96. The second kappa shape index (κ2) is 9.57. The van der Waals surface area contributed by atoms with Gasteiger partial charge in [0, 0.05) is 18.1 Å². The van der Waals surface area contributed by atoms with Crippen molar-refractivity contribution in [3.63, 3.8) is 0 Å². The number of carbonyl (C=O) groups excluding carboxylic acids is 1. The topological polar surface area (TPSA) is 69.0 Å². The van der Waals surface area contributed by atoms with Crippen LogP contribution in [0.3, 0.4) is 0 Å². The summed E-state index contributed by atoms with van der Waals surface area (Å²) in [5.74, 6) is 1.67. The van der Waals surface area contributed by atoms with E-state index in [0.717, 1.165) is 27.8 Å². The van der Waals surface area contributed by atoms with Crippen molar-refractivity contribution >= 4 is 44.9 Å². The van der Waals surface area contributed by atoms with Crippen molar-refractivity contribution in [3.05, 3.63) is 90.3 Å². The average molecular weight is 469 g/mol. The van der Waals surface area contributed by atoms with Crippen LogP contribution in [0.2, 0.25) is 0 Å². The Morgan fingerprint density at radius 3 is 2.44 bits per heavy atom. The summed E-state index contributed by atoms with van der Waals surface area (Å²) in [6, 6.07) is 26.2. The molecule has 0 radical (unpaired) electrons. The Hall–Kier alpha value is -3.84. The minimum Gasteiger partial charge on any atom is -0.485 e. The summed E-state index contributed by atoms with van der Waals surface area (Å²) in [7, 11) is 1.89. The summed E-state index contributed by atoms with van der Waals surface area (Å²) < 4.78 is 7.93. The number of aryl methyl sites for hydroxylation is 1. The van der Waals surface area contributed by atoms with Crippen molar-refractivity contribution in [1.82, 2.24) is 14.8 Å². The van der Waals surface area contributed by atoms with Gasteiger partial charge < -0.3 is 14.6 Å². The van der Waals surface area contributed by atoms with Gasteiger partial charge in [-0.05, 0) is 40.8 Å². The Bertz CT molecular complexity index is 1490. The molecule has 0 aliphatic rings. The molecule has 5 aromatic rings. The molecule has 170 valence electrons. The number of ether oxygens (including phenoxy) is 1. The Kier molecular flexibility index (Phi) is 6.18. The molecule has 0 fully saturated rings. The molecule has 0 atom stereocenters. The van der Waals surface area contributed by atoms with Gasteiger partial charge in [-0.25, -0.2) is 0 Å². The molecule has 0 spiro atoms. The third-order valence-corrected chi connectivity index (χ3v) is 6.85. The molecule has 0 unspecified atom stereocenters. The van der Waals surface area contributed by atoms with Gasteiger partial charge in [0.25, 0.3) is 0 Å². The number of rotatable bonds is 7. The number of carbonyl (C=O) groups is 1. The predicted octanol–water partition coefficient (Wildman–Crippen LogP) is 5.74. The minimum atomic E-state index is -0.0889. The first-order valence-electron chi connectivity index (χ1n) is 11.0. The summed E-state index contributed by atoms with van der Waals surface area (Å²) >= 11 is 1.35. The van der Waals surface area contributed by atoms with E-state index in [2.05, 4.69) is 40.6 Å². The molecular weight excluding hydrogens is 444 g/mol. The van der Waals surface area contributed by atoms with Crippen molar-refractivity contribution in [2.45, 2.75) is 18.7 Å². The van der Waals surface area contributed by atoms with Gasteiger partial charge in [-0.2, -0.15) is 0 Å². The molecule has 34 heavy (non-hydrogen) atoms. The van der Waals surface area contributed by atoms with Crippen molar-refractivity contribution in [1.29, 1.82) is 0 Å². The van der Waals surface area contributed by atoms with E-state index in [9.17, 15) is 4.79 Å². The fourth-order valence-corrected chi connectivity index (χ4v) is 4.68. The molecule has 5 rings (SSSR count). The summed E-state index contributed by atoms with van der Waals surface area (Å²) in [5, 5.41) is 16.7. The van der Waals surface area contributed by atoms with Gasteiger partial charge in [-0.1, -0.05) is 78.5 Å². The second-order valence-electron chi connectivity index (χ2n) is 8.02. The number of fused-ring (bicyclic) bond motifs is 2. The summed E-state index contributed by atoms with van der Waals surface area (Å²) in [6.07, 6.45) is 0. The van der Waals surface area contributed by atoms with Crippen LogP contribution in [0.4, 0.5) is 5.69 Å². The third kappa shape index (κ3) is 4.47. The molecule has 0 saturated carbocycles. The number of nitrogens with one attached hydrogen (secondary N) is 1. The minimum absolute atomic E-state index is 0.0889. The molecule has 4 aromatic carbocycles. The van der Waals surface area contributed by atoms with Gasteiger partial charge in [0.1, 0.15) is 12.4 Å². The van der Waals surface area contributed by atoms with Crippen molar-refractivity contribution in [3.8, 4) is 5.75 Å². The third-order valence-electron chi connectivity index (χ3n) is 5.83. The van der Waals surface area contributed by atoms with Gasteiger partial charge in [0.05, 0.1) is 5.75 Å². The van der Waals surface area contributed by atoms with Crippen molar-refractivity contribution in [2.75, 3.05) is 11.1 Å². The molecule has 0 bridgehead atoms. The first kappa shape index (κ1) is 22.0. The highest BCUT2D eigenvalue weighted by molar-refractivity contribution is 7.99. The fraction of sp³-hybridized carbons (Fsp3) is 0.148. The van der Waals surface area contributed by atoms with Gasteiger partial charge >= 0.3 is 0 Å². The molecule has 7 heteroatoms. The molecule has 1 heterocycles. The van der Waals surface area contributed by atoms with Crippen LogP contribution in [0.25, 0.3) is 21.5 Å². The average Bonchev–Trinajstić information content (AvgIpc) is 3.22. The van der Waals surface area contributed by atoms with Crippen LogP contribution in [0, 0.1) is 6.92 Å². The van der Waals surface area contributed by atoms with Gasteiger partial charge in [0.15, 0.2) is 11.0 Å². The molecule has 0 aliphatic heterocycles. The predicted molar refractivity (Wildman–Crippen MR) is 137 cm³/mol. The molecule has 0 aliphatic carbocycles. The maximum Gasteiger partial charge on any atom is 0.234 e. The lowest BCUT2D eigenvalue weighted by Crippen LogP contribution is -2.14. The number of thioether (sulfide) groups is 1. The Labute approximate surface area is 202 Å². The SMILES string of the molecule is Cc1c(OCc2nnc(SCC(=O)Nc3cccc4ccccc34)n2C)ccc2ccccc12. The molecule has 1 amide bonds. The van der Waals surface area contributed by atoms with E-state index in [-0.39, 0.29) is 11.7 Å². The lowest BCUT2D eigenvalue weighted by molar-refractivity contribution is -0.113. The standard InChI is InChI=1S/C27H24N4O2S/c1-18-21-11-5-3-9-20(21)14-15-24(18)33-16-25-29-30-27(31(25)2)34-17-26(32)28-23-13-7-10-19-8-4-6-12-22(19)23/h3-15H,16-17H2,1-2H3,(H,28,32). The number of nitrogens with zero attached hydrogens (tertiary/aromatic N) is 3. The highest BCUT2D eigenvalue weighted by atomic mass is 32.2. The summed E-state index contributed by atoms with van der Waals surface area (Å²) in [6.45, 7) is 2.36. The van der Waals surface area contributed by atoms with Crippen LogP contribution in [-0.4, -0.2) is 26.4 Å². The van der Waals surface area contributed by atoms with E-state index >= 15 is 0 Å². The molecule has 1 aromatic heterocycles. The molecule has 6 nitrogen and oxygen atoms in total. The van der Waals surface area contributed by atoms with Crippen LogP contribution in [0.1, 0.15) is 11.4 Å². The van der Waals surface area contributed by atoms with E-state index in [1.165, 1.54) is 22.5 Å². The quantitative estimate of drug-likeness (QED) is 0.309. The van der Waals surface area contributed by atoms with Gasteiger partial charge in [0.2, 0.25) is 5.91 Å². The highest BCUT2D eigenvalue weighted by Crippen LogP contribution is 2.28. The molecular formula is C27H24N4O2S. The van der Waals surface area contributed by atoms with Crippen LogP contribution < -0.4 is 10.1 Å². The molecule has 1 N–H and O–H groups in total. The van der Waals surface area contributed by atoms with Crippen LogP contribution in [0.5, 0.6) is 5.75 Å². The molecule has 0 saturated heterocycles. The van der Waals surface area contributed by atoms with Crippen molar-refractivity contribution in [2.24, 2.45) is 7.05 Å². The maximum atomic E-state index is 12.6. The maximum absolute atomic E-state index is 12.6. The number of benzene rings is 4. The zero-order valence-corrected chi connectivity index (χ0v) is 19.8. The Balaban J connectivity index is 1.21. The van der Waals surface area contributed by atoms with Gasteiger partial charge in [-0.3, -0.25) is 4.79 Å². The number of anilines is 1. The van der Waals surface area contributed by atoms with E-state index in [1.807, 2.05) is 72.3 Å². The van der Waals surface area contributed by atoms with E-state index in [1.54, 1.807) is 0 Å². The van der Waals surface area contributed by atoms with Crippen LogP contribution >= 0.6 is 11.8 Å². The van der Waals surface area contributed by atoms with Crippen LogP contribution in [0.15, 0.2) is 84.0 Å².